The summed E-state index contributed by atoms with van der Waals surface area (Å²) in [6.07, 6.45) is -2.54. The van der Waals surface area contributed by atoms with Crippen LogP contribution in [-0.4, -0.2) is 49.7 Å². The molecule has 0 aromatic heterocycles. The predicted octanol–water partition coefficient (Wildman–Crippen LogP) is 3.11. The van der Waals surface area contributed by atoms with Gasteiger partial charge in [-0.05, 0) is 17.7 Å². The second-order valence-corrected chi connectivity index (χ2v) is 5.03. The van der Waals surface area contributed by atoms with Gasteiger partial charge in [0, 0.05) is 26.2 Å². The van der Waals surface area contributed by atoms with Crippen molar-refractivity contribution in [1.29, 1.82) is 0 Å². The number of hydrogen-bond acceptors (Lipinski definition) is 4. The van der Waals surface area contributed by atoms with Crippen LogP contribution in [0.15, 0.2) is 12.1 Å². The monoisotopic (exact) mass is 378 g/mol. The minimum absolute atomic E-state index is 0. The van der Waals surface area contributed by atoms with Crippen molar-refractivity contribution in [3.8, 4) is 11.5 Å². The van der Waals surface area contributed by atoms with Crippen molar-refractivity contribution in [2.75, 3.05) is 33.3 Å². The molecule has 1 aromatic rings. The SMILES string of the molecule is COc1cc([C@@H](C(F)F)N2CCNCC2)cc(Cl)c1O.Cl.Cl. The van der Waals surface area contributed by atoms with Gasteiger partial charge in [-0.2, -0.15) is 0 Å². The first kappa shape index (κ1) is 21.5. The van der Waals surface area contributed by atoms with Crippen molar-refractivity contribution in [3.05, 3.63) is 22.7 Å². The first-order valence-corrected chi connectivity index (χ1v) is 6.71. The van der Waals surface area contributed by atoms with Gasteiger partial charge in [0.25, 0.3) is 6.43 Å². The van der Waals surface area contributed by atoms with Gasteiger partial charge in [-0.3, -0.25) is 4.90 Å². The fourth-order valence-corrected chi connectivity index (χ4v) is 2.62. The third kappa shape index (κ3) is 4.73. The molecule has 0 aliphatic carbocycles. The van der Waals surface area contributed by atoms with E-state index in [1.807, 2.05) is 0 Å². The third-order valence-corrected chi connectivity index (χ3v) is 3.68. The average molecular weight is 380 g/mol. The summed E-state index contributed by atoms with van der Waals surface area (Å²) in [5.74, 6) is -0.125. The molecule has 4 nitrogen and oxygen atoms in total. The fourth-order valence-electron chi connectivity index (χ4n) is 2.40. The maximum Gasteiger partial charge on any atom is 0.258 e. The highest BCUT2D eigenvalue weighted by atomic mass is 35.5. The van der Waals surface area contributed by atoms with Crippen LogP contribution in [-0.2, 0) is 0 Å². The van der Waals surface area contributed by atoms with Gasteiger partial charge in [-0.15, -0.1) is 24.8 Å². The Hall–Kier alpha value is -0.530. The Morgan fingerprint density at radius 2 is 1.86 bits per heavy atom. The Balaban J connectivity index is 0.00000220. The van der Waals surface area contributed by atoms with E-state index in [9.17, 15) is 13.9 Å². The van der Waals surface area contributed by atoms with Crippen LogP contribution in [0.25, 0.3) is 0 Å². The van der Waals surface area contributed by atoms with Crippen molar-refractivity contribution in [2.45, 2.75) is 12.5 Å². The molecule has 1 aliphatic rings. The molecule has 0 unspecified atom stereocenters. The molecule has 0 radical (unpaired) electrons. The van der Waals surface area contributed by atoms with Crippen molar-refractivity contribution in [1.82, 2.24) is 10.2 Å². The molecule has 1 heterocycles. The molecule has 0 bridgehead atoms. The Morgan fingerprint density at radius 3 is 2.36 bits per heavy atom. The number of ether oxygens (including phenoxy) is 1. The van der Waals surface area contributed by atoms with Crippen LogP contribution < -0.4 is 10.1 Å². The smallest absolute Gasteiger partial charge is 0.258 e. The first-order chi connectivity index (χ1) is 9.54. The summed E-state index contributed by atoms with van der Waals surface area (Å²) in [5, 5.41) is 12.8. The summed E-state index contributed by atoms with van der Waals surface area (Å²) in [4.78, 5) is 1.71. The van der Waals surface area contributed by atoms with E-state index in [4.69, 9.17) is 16.3 Å². The number of hydrogen-bond donors (Lipinski definition) is 2. The standard InChI is InChI=1S/C13H17ClF2N2O2.2ClH/c1-20-10-7-8(6-9(14)12(10)19)11(13(15)16)18-4-2-17-3-5-18;;/h6-7,11,13,17,19H,2-5H2,1H3;2*1H/t11-;;/m0../s1. The summed E-state index contributed by atoms with van der Waals surface area (Å²) in [5.41, 5.74) is 0.349. The molecule has 1 atom stereocenters. The van der Waals surface area contributed by atoms with Crippen molar-refractivity contribution in [3.63, 3.8) is 0 Å². The third-order valence-electron chi connectivity index (χ3n) is 3.40. The molecule has 0 amide bonds. The van der Waals surface area contributed by atoms with E-state index in [0.717, 1.165) is 0 Å². The van der Waals surface area contributed by atoms with Gasteiger partial charge in [0.15, 0.2) is 11.5 Å². The molecule has 128 valence electrons. The number of benzene rings is 1. The number of aromatic hydroxyl groups is 1. The summed E-state index contributed by atoms with van der Waals surface area (Å²) in [6, 6.07) is 1.74. The minimum atomic E-state index is -2.54. The lowest BCUT2D eigenvalue weighted by molar-refractivity contribution is 0.0181. The summed E-state index contributed by atoms with van der Waals surface area (Å²) in [6.45, 7) is 2.42. The van der Waals surface area contributed by atoms with Crippen LogP contribution in [0.5, 0.6) is 11.5 Å². The summed E-state index contributed by atoms with van der Waals surface area (Å²) in [7, 11) is 1.36. The lowest BCUT2D eigenvalue weighted by atomic mass is 10.0. The molecular weight excluding hydrogens is 361 g/mol. The Labute approximate surface area is 145 Å². The summed E-state index contributed by atoms with van der Waals surface area (Å²) < 4.78 is 31.8. The van der Waals surface area contributed by atoms with Gasteiger partial charge >= 0.3 is 0 Å². The number of phenolic OH excluding ortho intramolecular Hbond substituents is 1. The number of rotatable bonds is 4. The van der Waals surface area contributed by atoms with Crippen LogP contribution in [0.3, 0.4) is 0 Å². The molecular formula is C13H19Cl3F2N2O2. The van der Waals surface area contributed by atoms with E-state index >= 15 is 0 Å². The quantitative estimate of drug-likeness (QED) is 0.844. The molecule has 2 N–H and O–H groups in total. The zero-order valence-electron chi connectivity index (χ0n) is 11.9. The fraction of sp³-hybridized carbons (Fsp3) is 0.538. The Morgan fingerprint density at radius 1 is 1.27 bits per heavy atom. The zero-order chi connectivity index (χ0) is 14.7. The second kappa shape index (κ2) is 9.57. The lowest BCUT2D eigenvalue weighted by Gasteiger charge is -2.34. The largest absolute Gasteiger partial charge is 0.503 e. The van der Waals surface area contributed by atoms with Crippen LogP contribution in [0.2, 0.25) is 5.02 Å². The Kier molecular flexibility index (Phi) is 9.34. The van der Waals surface area contributed by atoms with Crippen LogP contribution in [0.1, 0.15) is 11.6 Å². The van der Waals surface area contributed by atoms with Crippen molar-refractivity contribution < 1.29 is 18.6 Å². The number of phenols is 1. The van der Waals surface area contributed by atoms with Crippen molar-refractivity contribution >= 4 is 36.4 Å². The molecule has 0 saturated carbocycles. The maximum atomic E-state index is 13.4. The van der Waals surface area contributed by atoms with E-state index in [1.165, 1.54) is 19.2 Å². The highest BCUT2D eigenvalue weighted by molar-refractivity contribution is 6.32. The molecule has 9 heteroatoms. The number of piperazine rings is 1. The molecule has 1 saturated heterocycles. The van der Waals surface area contributed by atoms with E-state index in [-0.39, 0.29) is 41.3 Å². The number of nitrogens with one attached hydrogen (secondary N) is 1. The van der Waals surface area contributed by atoms with Gasteiger partial charge in [0.05, 0.1) is 18.2 Å². The van der Waals surface area contributed by atoms with Gasteiger partial charge < -0.3 is 15.2 Å². The molecule has 2 rings (SSSR count). The number of halogens is 5. The maximum absolute atomic E-state index is 13.4. The first-order valence-electron chi connectivity index (χ1n) is 6.34. The molecule has 0 spiro atoms. The van der Waals surface area contributed by atoms with Crippen LogP contribution in [0.4, 0.5) is 8.78 Å². The highest BCUT2D eigenvalue weighted by Crippen LogP contribution is 2.39. The van der Waals surface area contributed by atoms with Crippen LogP contribution in [0, 0.1) is 0 Å². The predicted molar refractivity (Wildman–Crippen MR) is 87.4 cm³/mol. The van der Waals surface area contributed by atoms with E-state index < -0.39 is 12.5 Å². The van der Waals surface area contributed by atoms with E-state index in [1.54, 1.807) is 4.90 Å². The van der Waals surface area contributed by atoms with Gasteiger partial charge in [0.2, 0.25) is 0 Å². The number of alkyl halides is 2. The average Bonchev–Trinajstić information content (AvgIpc) is 2.43. The molecule has 1 aliphatic heterocycles. The van der Waals surface area contributed by atoms with Gasteiger partial charge in [-0.25, -0.2) is 8.78 Å². The van der Waals surface area contributed by atoms with Crippen LogP contribution >= 0.6 is 36.4 Å². The lowest BCUT2D eigenvalue weighted by Crippen LogP contribution is -2.46. The minimum Gasteiger partial charge on any atom is -0.503 e. The zero-order valence-corrected chi connectivity index (χ0v) is 14.3. The normalized spacial score (nSPS) is 16.6. The Bertz CT molecular complexity index is 475. The topological polar surface area (TPSA) is 44.7 Å². The van der Waals surface area contributed by atoms with Gasteiger partial charge in [0.1, 0.15) is 0 Å². The molecule has 1 aromatic carbocycles. The van der Waals surface area contributed by atoms with Crippen molar-refractivity contribution in [2.24, 2.45) is 0 Å². The molecule has 1 fully saturated rings. The number of methoxy groups -OCH3 is 1. The second-order valence-electron chi connectivity index (χ2n) is 4.62. The highest BCUT2D eigenvalue weighted by Gasteiger charge is 2.31. The molecule has 22 heavy (non-hydrogen) atoms. The van der Waals surface area contributed by atoms with E-state index in [0.29, 0.717) is 31.7 Å². The van der Waals surface area contributed by atoms with E-state index in [2.05, 4.69) is 5.32 Å². The number of nitrogens with zero attached hydrogens (tertiary/aromatic N) is 1. The van der Waals surface area contributed by atoms with Gasteiger partial charge in [-0.1, -0.05) is 11.6 Å². The summed E-state index contributed by atoms with van der Waals surface area (Å²) >= 11 is 5.88.